The standard InChI is InChI=1S/C29H27FN4O7S/c1-18-7-3-6-10-23(18)34-28(19(2)26(32-34)29(36)37)41-24-12-11-20(31-27(35)21-8-4-5-9-22(21)30)17-25(24)42(38,39)33-13-15-40-16-14-33/h3-12,17H,13-16H2,1-2H3,(H,31,35)(H,36,37). The van der Waals surface area contributed by atoms with Gasteiger partial charge in [0.25, 0.3) is 5.91 Å². The van der Waals surface area contributed by atoms with E-state index in [1.54, 1.807) is 12.1 Å². The van der Waals surface area contributed by atoms with Crippen molar-refractivity contribution in [2.24, 2.45) is 0 Å². The summed E-state index contributed by atoms with van der Waals surface area (Å²) < 4.78 is 56.0. The zero-order valence-corrected chi connectivity index (χ0v) is 23.5. The first-order valence-electron chi connectivity index (χ1n) is 12.9. The molecule has 1 fully saturated rings. The number of carbonyl (C=O) groups excluding carboxylic acids is 1. The highest BCUT2D eigenvalue weighted by atomic mass is 32.2. The molecule has 2 heterocycles. The quantitative estimate of drug-likeness (QED) is 0.306. The van der Waals surface area contributed by atoms with E-state index >= 15 is 0 Å². The molecule has 218 valence electrons. The van der Waals surface area contributed by atoms with Gasteiger partial charge in [-0.2, -0.15) is 14.1 Å². The number of nitrogens with one attached hydrogen (secondary N) is 1. The average molecular weight is 595 g/mol. The van der Waals surface area contributed by atoms with Gasteiger partial charge in [0.1, 0.15) is 16.5 Å². The van der Waals surface area contributed by atoms with Crippen LogP contribution in [0.4, 0.5) is 10.1 Å². The van der Waals surface area contributed by atoms with Crippen LogP contribution >= 0.6 is 0 Å². The van der Waals surface area contributed by atoms with Gasteiger partial charge >= 0.3 is 5.97 Å². The summed E-state index contributed by atoms with van der Waals surface area (Å²) in [6.07, 6.45) is 0. The molecule has 0 radical (unpaired) electrons. The van der Waals surface area contributed by atoms with Gasteiger partial charge in [0.2, 0.25) is 15.9 Å². The van der Waals surface area contributed by atoms with Crippen LogP contribution in [0.25, 0.3) is 5.69 Å². The van der Waals surface area contributed by atoms with Gasteiger partial charge < -0.3 is 19.9 Å². The number of aryl methyl sites for hydroxylation is 1. The topological polar surface area (TPSA) is 140 Å². The lowest BCUT2D eigenvalue weighted by atomic mass is 10.2. The predicted octanol–water partition coefficient (Wildman–Crippen LogP) is 4.39. The molecule has 3 aromatic carbocycles. The van der Waals surface area contributed by atoms with Crippen LogP contribution < -0.4 is 10.1 Å². The van der Waals surface area contributed by atoms with E-state index in [9.17, 15) is 27.5 Å². The summed E-state index contributed by atoms with van der Waals surface area (Å²) >= 11 is 0. The van der Waals surface area contributed by atoms with E-state index in [0.717, 1.165) is 11.6 Å². The number of halogens is 1. The van der Waals surface area contributed by atoms with Crippen LogP contribution in [0.15, 0.2) is 71.6 Å². The van der Waals surface area contributed by atoms with E-state index in [4.69, 9.17) is 9.47 Å². The normalized spacial score (nSPS) is 14.0. The molecule has 0 saturated carbocycles. The van der Waals surface area contributed by atoms with Crippen molar-refractivity contribution < 1.29 is 37.0 Å². The summed E-state index contributed by atoms with van der Waals surface area (Å²) in [5, 5.41) is 16.5. The van der Waals surface area contributed by atoms with Crippen LogP contribution in [0.5, 0.6) is 11.6 Å². The second-order valence-electron chi connectivity index (χ2n) is 9.50. The first-order chi connectivity index (χ1) is 20.1. The summed E-state index contributed by atoms with van der Waals surface area (Å²) in [4.78, 5) is 24.5. The number of aromatic nitrogens is 2. The second kappa shape index (κ2) is 11.7. The number of carbonyl (C=O) groups is 2. The van der Waals surface area contributed by atoms with Crippen LogP contribution in [0.3, 0.4) is 0 Å². The Morgan fingerprint density at radius 2 is 1.71 bits per heavy atom. The number of carboxylic acids is 1. The fourth-order valence-electron chi connectivity index (χ4n) is 4.51. The van der Waals surface area contributed by atoms with Gasteiger partial charge in [-0.3, -0.25) is 4.79 Å². The monoisotopic (exact) mass is 594 g/mol. The lowest BCUT2D eigenvalue weighted by Crippen LogP contribution is -2.40. The molecule has 0 spiro atoms. The van der Waals surface area contributed by atoms with E-state index < -0.39 is 27.7 Å². The Hall–Kier alpha value is -4.59. The number of amides is 1. The number of morpholine rings is 1. The van der Waals surface area contributed by atoms with Gasteiger partial charge in [0.15, 0.2) is 5.69 Å². The van der Waals surface area contributed by atoms with Crippen molar-refractivity contribution in [3.05, 3.63) is 94.9 Å². The molecule has 0 bridgehead atoms. The molecule has 0 atom stereocenters. The lowest BCUT2D eigenvalue weighted by Gasteiger charge is -2.27. The maximum atomic E-state index is 14.2. The fraction of sp³-hybridized carbons (Fsp3) is 0.207. The highest BCUT2D eigenvalue weighted by molar-refractivity contribution is 7.89. The average Bonchev–Trinajstić information content (AvgIpc) is 3.30. The first kappa shape index (κ1) is 28.9. The zero-order chi connectivity index (χ0) is 30.0. The molecule has 0 aliphatic carbocycles. The number of anilines is 1. The number of sulfonamides is 1. The van der Waals surface area contributed by atoms with E-state index in [0.29, 0.717) is 5.69 Å². The molecular weight excluding hydrogens is 567 g/mol. The Morgan fingerprint density at radius 1 is 1.02 bits per heavy atom. The molecule has 1 saturated heterocycles. The molecule has 1 aromatic heterocycles. The van der Waals surface area contributed by atoms with Gasteiger partial charge in [-0.05, 0) is 55.8 Å². The van der Waals surface area contributed by atoms with Crippen molar-refractivity contribution in [3.63, 3.8) is 0 Å². The van der Waals surface area contributed by atoms with Crippen molar-refractivity contribution in [2.75, 3.05) is 31.6 Å². The summed E-state index contributed by atoms with van der Waals surface area (Å²) in [7, 11) is -4.19. The van der Waals surface area contributed by atoms with Crippen LogP contribution in [0.2, 0.25) is 0 Å². The van der Waals surface area contributed by atoms with Crippen molar-refractivity contribution >= 4 is 27.6 Å². The zero-order valence-electron chi connectivity index (χ0n) is 22.7. The smallest absolute Gasteiger partial charge is 0.356 e. The first-order valence-corrected chi connectivity index (χ1v) is 14.4. The van der Waals surface area contributed by atoms with Crippen molar-refractivity contribution in [3.8, 4) is 17.3 Å². The third-order valence-corrected chi connectivity index (χ3v) is 8.65. The van der Waals surface area contributed by atoms with Gasteiger partial charge in [-0.1, -0.05) is 30.3 Å². The number of benzene rings is 3. The molecule has 1 amide bonds. The van der Waals surface area contributed by atoms with Gasteiger partial charge in [0.05, 0.1) is 24.5 Å². The Bertz CT molecular complexity index is 1780. The molecule has 1 aliphatic rings. The van der Waals surface area contributed by atoms with Crippen LogP contribution in [-0.2, 0) is 14.8 Å². The molecule has 13 heteroatoms. The number of para-hydroxylation sites is 1. The summed E-state index contributed by atoms with van der Waals surface area (Å²) in [5.41, 5.74) is 1.09. The number of hydrogen-bond acceptors (Lipinski definition) is 7. The molecule has 5 rings (SSSR count). The predicted molar refractivity (Wildman–Crippen MR) is 150 cm³/mol. The number of nitrogens with zero attached hydrogens (tertiary/aromatic N) is 3. The Morgan fingerprint density at radius 3 is 2.40 bits per heavy atom. The van der Waals surface area contributed by atoms with Gasteiger partial charge in [-0.15, -0.1) is 0 Å². The number of rotatable bonds is 8. The van der Waals surface area contributed by atoms with Crippen LogP contribution in [0, 0.1) is 19.7 Å². The van der Waals surface area contributed by atoms with Crippen LogP contribution in [-0.4, -0.2) is 65.8 Å². The van der Waals surface area contributed by atoms with E-state index in [-0.39, 0.29) is 65.3 Å². The molecule has 2 N–H and O–H groups in total. The fourth-order valence-corrected chi connectivity index (χ4v) is 6.06. The largest absolute Gasteiger partial charge is 0.476 e. The van der Waals surface area contributed by atoms with E-state index in [1.165, 1.54) is 52.3 Å². The van der Waals surface area contributed by atoms with Gasteiger partial charge in [-0.25, -0.2) is 17.6 Å². The number of carboxylic acid groups (broad SMARTS) is 1. The second-order valence-corrected chi connectivity index (χ2v) is 11.4. The summed E-state index contributed by atoms with van der Waals surface area (Å²) in [6, 6.07) is 16.5. The van der Waals surface area contributed by atoms with Crippen molar-refractivity contribution in [2.45, 2.75) is 18.7 Å². The minimum atomic E-state index is -4.19. The third-order valence-electron chi connectivity index (χ3n) is 6.73. The summed E-state index contributed by atoms with van der Waals surface area (Å²) in [6.45, 7) is 3.91. The van der Waals surface area contributed by atoms with E-state index in [1.807, 2.05) is 19.1 Å². The maximum absolute atomic E-state index is 14.2. The van der Waals surface area contributed by atoms with Crippen molar-refractivity contribution in [1.29, 1.82) is 0 Å². The highest BCUT2D eigenvalue weighted by Gasteiger charge is 2.32. The summed E-state index contributed by atoms with van der Waals surface area (Å²) in [5.74, 6) is -2.90. The molecule has 11 nitrogen and oxygen atoms in total. The lowest BCUT2D eigenvalue weighted by molar-refractivity contribution is 0.0689. The molecular formula is C29H27FN4O7S. The number of ether oxygens (including phenoxy) is 2. The number of aromatic carboxylic acids is 1. The van der Waals surface area contributed by atoms with Crippen LogP contribution in [0.1, 0.15) is 32.0 Å². The minimum Gasteiger partial charge on any atom is -0.476 e. The highest BCUT2D eigenvalue weighted by Crippen LogP contribution is 2.37. The Balaban J connectivity index is 1.61. The minimum absolute atomic E-state index is 0.00303. The Kier molecular flexibility index (Phi) is 8.07. The maximum Gasteiger partial charge on any atom is 0.356 e. The van der Waals surface area contributed by atoms with Gasteiger partial charge in [0, 0.05) is 24.3 Å². The molecule has 42 heavy (non-hydrogen) atoms. The van der Waals surface area contributed by atoms with Crippen molar-refractivity contribution in [1.82, 2.24) is 14.1 Å². The molecule has 1 aliphatic heterocycles. The molecule has 0 unspecified atom stereocenters. The Labute approximate surface area is 241 Å². The molecule has 4 aromatic rings. The van der Waals surface area contributed by atoms with E-state index in [2.05, 4.69) is 10.4 Å². The SMILES string of the molecule is Cc1ccccc1-n1nc(C(=O)O)c(C)c1Oc1ccc(NC(=O)c2ccccc2F)cc1S(=O)(=O)N1CCOCC1. The third kappa shape index (κ3) is 5.62. The number of hydrogen-bond donors (Lipinski definition) is 2.